The Bertz CT molecular complexity index is 477. The van der Waals surface area contributed by atoms with Crippen LogP contribution in [0.5, 0.6) is 5.75 Å². The van der Waals surface area contributed by atoms with Crippen molar-refractivity contribution in [3.63, 3.8) is 0 Å². The Balaban J connectivity index is 1.90. The molecule has 1 fully saturated rings. The second-order valence-electron chi connectivity index (χ2n) is 5.38. The van der Waals surface area contributed by atoms with Crippen molar-refractivity contribution in [1.82, 2.24) is 5.32 Å². The molecule has 0 radical (unpaired) electrons. The molecule has 5 nitrogen and oxygen atoms in total. The summed E-state index contributed by atoms with van der Waals surface area (Å²) in [5, 5.41) is 12.7. The maximum Gasteiger partial charge on any atom is 0.223 e. The summed E-state index contributed by atoms with van der Waals surface area (Å²) in [6, 6.07) is 7.62. The van der Waals surface area contributed by atoms with E-state index in [0.717, 1.165) is 11.3 Å². The van der Waals surface area contributed by atoms with Gasteiger partial charge >= 0.3 is 0 Å². The molecule has 1 aromatic carbocycles. The first kappa shape index (κ1) is 15.8. The van der Waals surface area contributed by atoms with E-state index in [1.54, 1.807) is 14.2 Å². The smallest absolute Gasteiger partial charge is 0.223 e. The minimum atomic E-state index is -0.465. The van der Waals surface area contributed by atoms with Gasteiger partial charge in [0.1, 0.15) is 5.75 Å². The molecule has 2 rings (SSSR count). The van der Waals surface area contributed by atoms with Gasteiger partial charge in [-0.15, -0.1) is 0 Å². The SMILES string of the molecule is COc1ccccc1CNC(=O)[C@@H]1CC[C@H](O)[C@H](OC)C1. The summed E-state index contributed by atoms with van der Waals surface area (Å²) in [6.45, 7) is 0.444. The van der Waals surface area contributed by atoms with Crippen LogP contribution in [0.2, 0.25) is 0 Å². The van der Waals surface area contributed by atoms with Gasteiger partial charge in [0.15, 0.2) is 0 Å². The van der Waals surface area contributed by atoms with Crippen LogP contribution in [0.15, 0.2) is 24.3 Å². The van der Waals surface area contributed by atoms with Crippen LogP contribution in [0.4, 0.5) is 0 Å². The average molecular weight is 293 g/mol. The number of ether oxygens (including phenoxy) is 2. The van der Waals surface area contributed by atoms with Crippen LogP contribution in [0.25, 0.3) is 0 Å². The number of benzene rings is 1. The van der Waals surface area contributed by atoms with E-state index in [2.05, 4.69) is 5.32 Å². The lowest BCUT2D eigenvalue weighted by molar-refractivity contribution is -0.130. The third-order valence-corrected chi connectivity index (χ3v) is 4.08. The first-order valence-corrected chi connectivity index (χ1v) is 7.26. The molecule has 0 aromatic heterocycles. The normalized spacial score (nSPS) is 25.4. The molecule has 1 aromatic rings. The summed E-state index contributed by atoms with van der Waals surface area (Å²) in [7, 11) is 3.19. The topological polar surface area (TPSA) is 67.8 Å². The zero-order valence-electron chi connectivity index (χ0n) is 12.5. The van der Waals surface area contributed by atoms with Crippen LogP contribution in [0.3, 0.4) is 0 Å². The average Bonchev–Trinajstić information content (AvgIpc) is 2.53. The number of carbonyl (C=O) groups excluding carboxylic acids is 1. The minimum absolute atomic E-state index is 0.00913. The van der Waals surface area contributed by atoms with Gasteiger partial charge in [0.05, 0.1) is 19.3 Å². The Morgan fingerprint density at radius 1 is 1.33 bits per heavy atom. The van der Waals surface area contributed by atoms with Crippen LogP contribution in [-0.2, 0) is 16.1 Å². The zero-order chi connectivity index (χ0) is 15.2. The fraction of sp³-hybridized carbons (Fsp3) is 0.562. The summed E-state index contributed by atoms with van der Waals surface area (Å²) in [5.74, 6) is 0.676. The van der Waals surface area contributed by atoms with E-state index in [4.69, 9.17) is 9.47 Å². The fourth-order valence-corrected chi connectivity index (χ4v) is 2.78. The lowest BCUT2D eigenvalue weighted by atomic mass is 9.84. The van der Waals surface area contributed by atoms with E-state index in [1.165, 1.54) is 0 Å². The number of aliphatic hydroxyl groups excluding tert-OH is 1. The molecule has 1 amide bonds. The van der Waals surface area contributed by atoms with Gasteiger partial charge in [0, 0.05) is 25.1 Å². The third-order valence-electron chi connectivity index (χ3n) is 4.08. The summed E-state index contributed by atoms with van der Waals surface area (Å²) < 4.78 is 10.5. The molecule has 1 aliphatic rings. The van der Waals surface area contributed by atoms with Gasteiger partial charge in [-0.2, -0.15) is 0 Å². The monoisotopic (exact) mass is 293 g/mol. The Hall–Kier alpha value is -1.59. The van der Waals surface area contributed by atoms with Crippen molar-refractivity contribution in [3.8, 4) is 5.75 Å². The number of nitrogens with one attached hydrogen (secondary N) is 1. The predicted molar refractivity (Wildman–Crippen MR) is 79.0 cm³/mol. The van der Waals surface area contributed by atoms with E-state index >= 15 is 0 Å². The predicted octanol–water partition coefficient (Wildman–Crippen LogP) is 1.49. The van der Waals surface area contributed by atoms with E-state index in [-0.39, 0.29) is 17.9 Å². The summed E-state index contributed by atoms with van der Waals surface area (Å²) in [5.41, 5.74) is 0.951. The molecule has 21 heavy (non-hydrogen) atoms. The third kappa shape index (κ3) is 3.95. The Morgan fingerprint density at radius 3 is 2.81 bits per heavy atom. The molecular weight excluding hydrogens is 270 g/mol. The number of amides is 1. The van der Waals surface area contributed by atoms with E-state index < -0.39 is 6.10 Å². The van der Waals surface area contributed by atoms with Crippen molar-refractivity contribution in [2.75, 3.05) is 14.2 Å². The Kier molecular flexibility index (Phi) is 5.59. The molecule has 116 valence electrons. The summed E-state index contributed by atoms with van der Waals surface area (Å²) in [6.07, 6.45) is 1.15. The molecule has 5 heteroatoms. The highest BCUT2D eigenvalue weighted by atomic mass is 16.5. The van der Waals surface area contributed by atoms with E-state index in [0.29, 0.717) is 25.8 Å². The molecule has 0 unspecified atom stereocenters. The van der Waals surface area contributed by atoms with E-state index in [1.807, 2.05) is 24.3 Å². The molecule has 2 N–H and O–H groups in total. The van der Waals surface area contributed by atoms with Gasteiger partial charge in [-0.3, -0.25) is 4.79 Å². The maximum atomic E-state index is 12.3. The summed E-state index contributed by atoms with van der Waals surface area (Å²) in [4.78, 5) is 12.3. The van der Waals surface area contributed by atoms with Gasteiger partial charge < -0.3 is 19.9 Å². The summed E-state index contributed by atoms with van der Waals surface area (Å²) >= 11 is 0. The number of para-hydroxylation sites is 1. The zero-order valence-corrected chi connectivity index (χ0v) is 12.5. The highest BCUT2D eigenvalue weighted by molar-refractivity contribution is 5.78. The first-order valence-electron chi connectivity index (χ1n) is 7.26. The van der Waals surface area contributed by atoms with Gasteiger partial charge in [-0.05, 0) is 25.3 Å². The van der Waals surface area contributed by atoms with Crippen molar-refractivity contribution in [1.29, 1.82) is 0 Å². The largest absolute Gasteiger partial charge is 0.496 e. The molecule has 0 heterocycles. The van der Waals surface area contributed by atoms with Crippen LogP contribution in [-0.4, -0.2) is 37.4 Å². The number of hydrogen-bond acceptors (Lipinski definition) is 4. The molecule has 1 saturated carbocycles. The number of rotatable bonds is 5. The molecule has 3 atom stereocenters. The Labute approximate surface area is 125 Å². The number of aliphatic hydroxyl groups is 1. The lowest BCUT2D eigenvalue weighted by Crippen LogP contribution is -2.41. The molecular formula is C16H23NO4. The lowest BCUT2D eigenvalue weighted by Gasteiger charge is -2.31. The molecule has 0 spiro atoms. The molecule has 1 aliphatic carbocycles. The van der Waals surface area contributed by atoms with Gasteiger partial charge in [-0.1, -0.05) is 18.2 Å². The van der Waals surface area contributed by atoms with Crippen LogP contribution >= 0.6 is 0 Å². The van der Waals surface area contributed by atoms with Crippen LogP contribution in [0.1, 0.15) is 24.8 Å². The standard InChI is InChI=1S/C16H23NO4/c1-20-14-6-4-3-5-12(14)10-17-16(19)11-7-8-13(18)15(9-11)21-2/h3-6,11,13,15,18H,7-10H2,1-2H3,(H,17,19)/t11-,13+,15-/m1/s1. The molecule has 0 aliphatic heterocycles. The number of carbonyl (C=O) groups is 1. The quantitative estimate of drug-likeness (QED) is 0.863. The number of methoxy groups -OCH3 is 2. The highest BCUT2D eigenvalue weighted by Gasteiger charge is 2.32. The van der Waals surface area contributed by atoms with Gasteiger partial charge in [-0.25, -0.2) is 0 Å². The van der Waals surface area contributed by atoms with Crippen molar-refractivity contribution < 1.29 is 19.4 Å². The second-order valence-corrected chi connectivity index (χ2v) is 5.38. The van der Waals surface area contributed by atoms with Crippen LogP contribution in [0, 0.1) is 5.92 Å². The van der Waals surface area contributed by atoms with E-state index in [9.17, 15) is 9.90 Å². The van der Waals surface area contributed by atoms with Gasteiger partial charge in [0.2, 0.25) is 5.91 Å². The molecule has 0 bridgehead atoms. The van der Waals surface area contributed by atoms with Crippen molar-refractivity contribution in [2.45, 2.75) is 38.0 Å². The first-order chi connectivity index (χ1) is 10.2. The second kappa shape index (κ2) is 7.43. The maximum absolute atomic E-state index is 12.3. The van der Waals surface area contributed by atoms with Gasteiger partial charge in [0.25, 0.3) is 0 Å². The Morgan fingerprint density at radius 2 is 2.10 bits per heavy atom. The minimum Gasteiger partial charge on any atom is -0.496 e. The number of hydrogen-bond donors (Lipinski definition) is 2. The highest BCUT2D eigenvalue weighted by Crippen LogP contribution is 2.27. The van der Waals surface area contributed by atoms with Crippen molar-refractivity contribution in [3.05, 3.63) is 29.8 Å². The van der Waals surface area contributed by atoms with Crippen molar-refractivity contribution >= 4 is 5.91 Å². The van der Waals surface area contributed by atoms with Crippen LogP contribution < -0.4 is 10.1 Å². The molecule has 0 saturated heterocycles. The fourth-order valence-electron chi connectivity index (χ4n) is 2.78. The van der Waals surface area contributed by atoms with Crippen molar-refractivity contribution in [2.24, 2.45) is 5.92 Å².